The molecule has 4 heteroatoms. The molecule has 0 amide bonds. The van der Waals surface area contributed by atoms with Crippen molar-refractivity contribution in [2.24, 2.45) is 5.73 Å². The summed E-state index contributed by atoms with van der Waals surface area (Å²) in [7, 11) is 0. The third-order valence-electron chi connectivity index (χ3n) is 3.23. The van der Waals surface area contributed by atoms with Crippen LogP contribution in [0.2, 0.25) is 0 Å². The molecular formula is C18H21NO3. The van der Waals surface area contributed by atoms with Gasteiger partial charge in [-0.25, -0.2) is 4.79 Å². The van der Waals surface area contributed by atoms with Gasteiger partial charge in [0, 0.05) is 12.1 Å². The van der Waals surface area contributed by atoms with Crippen molar-refractivity contribution < 1.29 is 14.3 Å². The summed E-state index contributed by atoms with van der Waals surface area (Å²) in [6.45, 7) is 4.73. The van der Waals surface area contributed by atoms with Crippen LogP contribution in [0.4, 0.5) is 0 Å². The summed E-state index contributed by atoms with van der Waals surface area (Å²) in [5.74, 6) is 0.511. The summed E-state index contributed by atoms with van der Waals surface area (Å²) in [6, 6.07) is 7.72. The maximum absolute atomic E-state index is 12.0. The van der Waals surface area contributed by atoms with Gasteiger partial charge in [0.1, 0.15) is 5.75 Å². The Morgan fingerprint density at radius 3 is 2.55 bits per heavy atom. The summed E-state index contributed by atoms with van der Waals surface area (Å²) >= 11 is 0. The third kappa shape index (κ3) is 4.01. The number of allylic oxidation sites excluding steroid dienone is 3. The lowest BCUT2D eigenvalue weighted by molar-refractivity contribution is -0.138. The number of rotatable bonds is 5. The lowest BCUT2D eigenvalue weighted by Gasteiger charge is -2.15. The van der Waals surface area contributed by atoms with Crippen LogP contribution in [0.1, 0.15) is 25.8 Å². The van der Waals surface area contributed by atoms with Gasteiger partial charge in [0.15, 0.2) is 0 Å². The van der Waals surface area contributed by atoms with Crippen molar-refractivity contribution in [1.82, 2.24) is 0 Å². The summed E-state index contributed by atoms with van der Waals surface area (Å²) in [4.78, 5) is 12.0. The van der Waals surface area contributed by atoms with E-state index in [0.29, 0.717) is 25.2 Å². The third-order valence-corrected chi connectivity index (χ3v) is 3.23. The zero-order chi connectivity index (χ0) is 15.9. The molecule has 0 bridgehead atoms. The minimum atomic E-state index is -0.316. The molecule has 0 saturated carbocycles. The number of carbonyl (C=O) groups excluding carboxylic acids is 1. The van der Waals surface area contributed by atoms with Crippen molar-refractivity contribution in [3.63, 3.8) is 0 Å². The van der Waals surface area contributed by atoms with Gasteiger partial charge in [-0.15, -0.1) is 0 Å². The second kappa shape index (κ2) is 7.50. The van der Waals surface area contributed by atoms with E-state index in [9.17, 15) is 4.79 Å². The van der Waals surface area contributed by atoms with Crippen LogP contribution < -0.4 is 10.5 Å². The molecule has 2 rings (SSSR count). The minimum Gasteiger partial charge on any atom is -0.494 e. The maximum Gasteiger partial charge on any atom is 0.338 e. The number of benzene rings is 1. The Hall–Kier alpha value is -2.49. The summed E-state index contributed by atoms with van der Waals surface area (Å²) in [5.41, 5.74) is 9.02. The number of esters is 1. The number of hydrogen-bond donors (Lipinski definition) is 1. The van der Waals surface area contributed by atoms with Gasteiger partial charge in [-0.05, 0) is 49.3 Å². The molecule has 1 aliphatic rings. The molecule has 0 fully saturated rings. The fourth-order valence-electron chi connectivity index (χ4n) is 2.24. The van der Waals surface area contributed by atoms with E-state index in [1.54, 1.807) is 19.1 Å². The highest BCUT2D eigenvalue weighted by Gasteiger charge is 2.18. The van der Waals surface area contributed by atoms with Crippen molar-refractivity contribution >= 4 is 12.0 Å². The van der Waals surface area contributed by atoms with Gasteiger partial charge < -0.3 is 15.2 Å². The molecule has 1 aliphatic carbocycles. The van der Waals surface area contributed by atoms with Crippen LogP contribution in [0.25, 0.3) is 6.08 Å². The van der Waals surface area contributed by atoms with Gasteiger partial charge in [-0.2, -0.15) is 0 Å². The highest BCUT2D eigenvalue weighted by molar-refractivity contribution is 5.96. The van der Waals surface area contributed by atoms with E-state index in [-0.39, 0.29) is 5.97 Å². The molecule has 0 radical (unpaired) electrons. The van der Waals surface area contributed by atoms with Gasteiger partial charge in [-0.3, -0.25) is 0 Å². The number of ether oxygens (including phenoxy) is 2. The monoisotopic (exact) mass is 299 g/mol. The maximum atomic E-state index is 12.0. The van der Waals surface area contributed by atoms with E-state index in [0.717, 1.165) is 22.6 Å². The normalized spacial score (nSPS) is 16.0. The SMILES string of the molecule is CCOC(=O)C1=CC=C(N)CC1=Cc1ccc(OCC)cc1. The fourth-order valence-corrected chi connectivity index (χ4v) is 2.24. The first-order valence-corrected chi connectivity index (χ1v) is 7.41. The van der Waals surface area contributed by atoms with Crippen molar-refractivity contribution in [1.29, 1.82) is 0 Å². The van der Waals surface area contributed by atoms with Gasteiger partial charge in [-0.1, -0.05) is 18.2 Å². The molecule has 0 heterocycles. The van der Waals surface area contributed by atoms with Crippen molar-refractivity contribution in [3.05, 3.63) is 58.8 Å². The Balaban J connectivity index is 2.25. The summed E-state index contributed by atoms with van der Waals surface area (Å²) in [5, 5.41) is 0. The van der Waals surface area contributed by atoms with E-state index in [1.807, 2.05) is 37.3 Å². The molecule has 4 nitrogen and oxygen atoms in total. The standard InChI is InChI=1S/C18H21NO3/c1-3-21-16-8-5-13(6-9-16)11-14-12-15(19)7-10-17(14)18(20)22-4-2/h5-11H,3-4,12,19H2,1-2H3. The zero-order valence-corrected chi connectivity index (χ0v) is 13.0. The molecule has 2 N–H and O–H groups in total. The quantitative estimate of drug-likeness (QED) is 0.848. The second-order valence-electron chi connectivity index (χ2n) is 4.89. The Morgan fingerprint density at radius 1 is 1.18 bits per heavy atom. The van der Waals surface area contributed by atoms with Gasteiger partial charge >= 0.3 is 5.97 Å². The first kappa shape index (κ1) is 15.9. The first-order chi connectivity index (χ1) is 10.6. The average molecular weight is 299 g/mol. The molecule has 0 atom stereocenters. The van der Waals surface area contributed by atoms with E-state index in [2.05, 4.69) is 0 Å². The second-order valence-corrected chi connectivity index (χ2v) is 4.89. The number of carbonyl (C=O) groups is 1. The van der Waals surface area contributed by atoms with Crippen molar-refractivity contribution in [2.45, 2.75) is 20.3 Å². The van der Waals surface area contributed by atoms with Gasteiger partial charge in [0.2, 0.25) is 0 Å². The van der Waals surface area contributed by atoms with Crippen LogP contribution in [-0.2, 0) is 9.53 Å². The number of hydrogen-bond acceptors (Lipinski definition) is 4. The summed E-state index contributed by atoms with van der Waals surface area (Å²) in [6.07, 6.45) is 5.97. The van der Waals surface area contributed by atoms with E-state index < -0.39 is 0 Å². The highest BCUT2D eigenvalue weighted by atomic mass is 16.5. The molecule has 1 aromatic carbocycles. The largest absolute Gasteiger partial charge is 0.494 e. The van der Waals surface area contributed by atoms with Gasteiger partial charge in [0.05, 0.1) is 18.8 Å². The van der Waals surface area contributed by atoms with Crippen LogP contribution in [0.3, 0.4) is 0 Å². The van der Waals surface area contributed by atoms with Crippen molar-refractivity contribution in [3.8, 4) is 5.75 Å². The number of nitrogens with two attached hydrogens (primary N) is 1. The Bertz CT molecular complexity index is 624. The van der Waals surface area contributed by atoms with Crippen LogP contribution >= 0.6 is 0 Å². The van der Waals surface area contributed by atoms with E-state index >= 15 is 0 Å². The molecule has 0 spiro atoms. The Kier molecular flexibility index (Phi) is 5.42. The zero-order valence-electron chi connectivity index (χ0n) is 13.0. The van der Waals surface area contributed by atoms with E-state index in [4.69, 9.17) is 15.2 Å². The lowest BCUT2D eigenvalue weighted by atomic mass is 9.94. The molecule has 0 unspecified atom stereocenters. The molecule has 0 aromatic heterocycles. The van der Waals surface area contributed by atoms with Crippen LogP contribution in [0, 0.1) is 0 Å². The van der Waals surface area contributed by atoms with Crippen LogP contribution in [0.5, 0.6) is 5.75 Å². The highest BCUT2D eigenvalue weighted by Crippen LogP contribution is 2.26. The van der Waals surface area contributed by atoms with Crippen LogP contribution in [0.15, 0.2) is 53.3 Å². The fraction of sp³-hybridized carbons (Fsp3) is 0.278. The Labute approximate surface area is 130 Å². The molecule has 116 valence electrons. The van der Waals surface area contributed by atoms with Crippen LogP contribution in [-0.4, -0.2) is 19.2 Å². The average Bonchev–Trinajstić information content (AvgIpc) is 2.50. The molecule has 22 heavy (non-hydrogen) atoms. The molecule has 1 aromatic rings. The lowest BCUT2D eigenvalue weighted by Crippen LogP contribution is -2.14. The molecule has 0 saturated heterocycles. The Morgan fingerprint density at radius 2 is 1.91 bits per heavy atom. The van der Waals surface area contributed by atoms with Gasteiger partial charge in [0.25, 0.3) is 0 Å². The molecular weight excluding hydrogens is 278 g/mol. The smallest absolute Gasteiger partial charge is 0.338 e. The minimum absolute atomic E-state index is 0.316. The van der Waals surface area contributed by atoms with E-state index in [1.165, 1.54) is 0 Å². The summed E-state index contributed by atoms with van der Waals surface area (Å²) < 4.78 is 10.5. The predicted octanol–water partition coefficient (Wildman–Crippen LogP) is 3.20. The topological polar surface area (TPSA) is 61.5 Å². The predicted molar refractivity (Wildman–Crippen MR) is 87.2 cm³/mol. The first-order valence-electron chi connectivity index (χ1n) is 7.41. The van der Waals surface area contributed by atoms with Crippen molar-refractivity contribution in [2.75, 3.05) is 13.2 Å². The molecule has 0 aliphatic heterocycles.